The smallest absolute Gasteiger partial charge is 0.246 e. The van der Waals surface area contributed by atoms with Crippen LogP contribution in [0.4, 0.5) is 0 Å². The van der Waals surface area contributed by atoms with Gasteiger partial charge in [0.15, 0.2) is 0 Å². The lowest BCUT2D eigenvalue weighted by Gasteiger charge is -2.34. The summed E-state index contributed by atoms with van der Waals surface area (Å²) in [6.07, 6.45) is 3.45. The van der Waals surface area contributed by atoms with E-state index in [-0.39, 0.29) is 12.5 Å². The molecule has 0 bridgehead atoms. The molecule has 0 spiro atoms. The second-order valence-corrected chi connectivity index (χ2v) is 3.53. The summed E-state index contributed by atoms with van der Waals surface area (Å²) in [6, 6.07) is 3.80. The van der Waals surface area contributed by atoms with E-state index in [4.69, 9.17) is 4.74 Å². The molecule has 1 aliphatic heterocycles. The van der Waals surface area contributed by atoms with E-state index >= 15 is 0 Å². The minimum Gasteiger partial charge on any atom is -0.359 e. The number of hydrogen-bond donors (Lipinski definition) is 1. The molecule has 1 fully saturated rings. The molecule has 1 aromatic heterocycles. The Morgan fingerprint density at radius 2 is 2.21 bits per heavy atom. The lowest BCUT2D eigenvalue weighted by molar-refractivity contribution is -0.142. The number of carbonyl (C=O) groups is 1. The van der Waals surface area contributed by atoms with Crippen LogP contribution in [0.25, 0.3) is 0 Å². The maximum Gasteiger partial charge on any atom is 0.246 e. The van der Waals surface area contributed by atoms with Gasteiger partial charge in [-0.25, -0.2) is 0 Å². The van der Waals surface area contributed by atoms with Gasteiger partial charge >= 0.3 is 0 Å². The van der Waals surface area contributed by atoms with Crippen molar-refractivity contribution in [3.8, 4) is 0 Å². The molecule has 1 aliphatic rings. The molecule has 1 saturated heterocycles. The monoisotopic (exact) mass is 192 g/mol. The Morgan fingerprint density at radius 1 is 1.50 bits per heavy atom. The summed E-state index contributed by atoms with van der Waals surface area (Å²) in [7, 11) is 0. The van der Waals surface area contributed by atoms with Crippen LogP contribution in [0, 0.1) is 0 Å². The molecule has 1 atom stereocenters. The molecule has 4 heteroatoms. The Balaban J connectivity index is 2.21. The second-order valence-electron chi connectivity index (χ2n) is 3.53. The van der Waals surface area contributed by atoms with Crippen molar-refractivity contribution >= 4 is 5.91 Å². The molecular formula is C10H12N2O2. The highest BCUT2D eigenvalue weighted by Crippen LogP contribution is 2.25. The topological polar surface area (TPSA) is 51.2 Å². The molecule has 0 radical (unpaired) electrons. The van der Waals surface area contributed by atoms with Gasteiger partial charge < -0.3 is 10.1 Å². The van der Waals surface area contributed by atoms with Gasteiger partial charge in [0.2, 0.25) is 5.91 Å². The van der Waals surface area contributed by atoms with Gasteiger partial charge in [-0.3, -0.25) is 9.78 Å². The number of amides is 1. The Bertz CT molecular complexity index is 327. The van der Waals surface area contributed by atoms with Gasteiger partial charge in [-0.2, -0.15) is 0 Å². The molecule has 1 unspecified atom stereocenters. The summed E-state index contributed by atoms with van der Waals surface area (Å²) in [6.45, 7) is 2.59. The number of nitrogens with one attached hydrogen (secondary N) is 1. The Morgan fingerprint density at radius 3 is 2.79 bits per heavy atom. The highest BCUT2D eigenvalue weighted by atomic mass is 16.5. The van der Waals surface area contributed by atoms with Crippen molar-refractivity contribution in [1.29, 1.82) is 0 Å². The third kappa shape index (κ3) is 1.61. The average molecular weight is 192 g/mol. The summed E-state index contributed by atoms with van der Waals surface area (Å²) in [4.78, 5) is 14.9. The van der Waals surface area contributed by atoms with Crippen molar-refractivity contribution in [3.63, 3.8) is 0 Å². The molecule has 1 aromatic rings. The van der Waals surface area contributed by atoms with Crippen molar-refractivity contribution in [3.05, 3.63) is 30.1 Å². The third-order valence-electron chi connectivity index (χ3n) is 2.44. The first-order valence-electron chi connectivity index (χ1n) is 4.52. The SMILES string of the molecule is CC1(c2ccncc2)CNC(=O)CO1. The molecule has 14 heavy (non-hydrogen) atoms. The normalized spacial score (nSPS) is 27.1. The van der Waals surface area contributed by atoms with Crippen LogP contribution in [0.3, 0.4) is 0 Å². The van der Waals surface area contributed by atoms with Crippen molar-refractivity contribution in [1.82, 2.24) is 10.3 Å². The number of nitrogens with zero attached hydrogens (tertiary/aromatic N) is 1. The van der Waals surface area contributed by atoms with E-state index in [9.17, 15) is 4.79 Å². The number of hydrogen-bond acceptors (Lipinski definition) is 3. The fraction of sp³-hybridized carbons (Fsp3) is 0.400. The maximum atomic E-state index is 10.9. The average Bonchev–Trinajstić information content (AvgIpc) is 2.24. The fourth-order valence-electron chi connectivity index (χ4n) is 1.48. The lowest BCUT2D eigenvalue weighted by atomic mass is 9.96. The molecule has 4 nitrogen and oxygen atoms in total. The highest BCUT2D eigenvalue weighted by Gasteiger charge is 2.32. The van der Waals surface area contributed by atoms with Crippen LogP contribution in [0.15, 0.2) is 24.5 Å². The van der Waals surface area contributed by atoms with Gasteiger partial charge in [0.25, 0.3) is 0 Å². The zero-order chi connectivity index (χ0) is 10.0. The van der Waals surface area contributed by atoms with Crippen LogP contribution in [0.2, 0.25) is 0 Å². The first-order chi connectivity index (χ1) is 6.71. The van der Waals surface area contributed by atoms with Crippen LogP contribution in [-0.4, -0.2) is 24.0 Å². The number of ether oxygens (including phenoxy) is 1. The predicted octanol–water partition coefficient (Wildman–Crippen LogP) is 0.443. The van der Waals surface area contributed by atoms with E-state index in [1.54, 1.807) is 12.4 Å². The van der Waals surface area contributed by atoms with Gasteiger partial charge in [0.1, 0.15) is 12.2 Å². The second kappa shape index (κ2) is 3.38. The Labute approximate surface area is 82.3 Å². The molecule has 2 rings (SSSR count). The third-order valence-corrected chi connectivity index (χ3v) is 2.44. The predicted molar refractivity (Wildman–Crippen MR) is 50.6 cm³/mol. The van der Waals surface area contributed by atoms with E-state index in [0.29, 0.717) is 6.54 Å². The highest BCUT2D eigenvalue weighted by molar-refractivity contribution is 5.78. The van der Waals surface area contributed by atoms with Gasteiger partial charge in [0.05, 0.1) is 6.54 Å². The number of pyridine rings is 1. The van der Waals surface area contributed by atoms with Gasteiger partial charge in [-0.15, -0.1) is 0 Å². The van der Waals surface area contributed by atoms with Crippen molar-refractivity contribution in [2.45, 2.75) is 12.5 Å². The van der Waals surface area contributed by atoms with E-state index in [1.807, 2.05) is 19.1 Å². The van der Waals surface area contributed by atoms with Crippen LogP contribution >= 0.6 is 0 Å². The van der Waals surface area contributed by atoms with Crippen LogP contribution in [-0.2, 0) is 15.1 Å². The first-order valence-corrected chi connectivity index (χ1v) is 4.52. The van der Waals surface area contributed by atoms with Gasteiger partial charge in [-0.05, 0) is 24.6 Å². The summed E-state index contributed by atoms with van der Waals surface area (Å²) in [5.41, 5.74) is 0.615. The minimum atomic E-state index is -0.420. The van der Waals surface area contributed by atoms with Crippen molar-refractivity contribution in [2.75, 3.05) is 13.2 Å². The van der Waals surface area contributed by atoms with E-state index in [2.05, 4.69) is 10.3 Å². The lowest BCUT2D eigenvalue weighted by Crippen LogP contribution is -2.48. The van der Waals surface area contributed by atoms with Crippen LogP contribution in [0.1, 0.15) is 12.5 Å². The van der Waals surface area contributed by atoms with Crippen molar-refractivity contribution in [2.24, 2.45) is 0 Å². The molecule has 0 aromatic carbocycles. The number of rotatable bonds is 1. The van der Waals surface area contributed by atoms with Gasteiger partial charge in [0, 0.05) is 12.4 Å². The van der Waals surface area contributed by atoms with Crippen LogP contribution < -0.4 is 5.32 Å². The Kier molecular flexibility index (Phi) is 2.21. The van der Waals surface area contributed by atoms with E-state index in [0.717, 1.165) is 5.56 Å². The molecule has 0 saturated carbocycles. The first kappa shape index (κ1) is 9.15. The summed E-state index contributed by atoms with van der Waals surface area (Å²) in [5, 5.41) is 2.79. The van der Waals surface area contributed by atoms with Gasteiger partial charge in [-0.1, -0.05) is 0 Å². The zero-order valence-electron chi connectivity index (χ0n) is 7.99. The summed E-state index contributed by atoms with van der Waals surface area (Å²) in [5.74, 6) is -0.0588. The van der Waals surface area contributed by atoms with Crippen molar-refractivity contribution < 1.29 is 9.53 Å². The standard InChI is InChI=1S/C10H12N2O2/c1-10(7-12-9(13)6-14-10)8-2-4-11-5-3-8/h2-5H,6-7H2,1H3,(H,12,13). The molecule has 74 valence electrons. The van der Waals surface area contributed by atoms with E-state index in [1.165, 1.54) is 0 Å². The van der Waals surface area contributed by atoms with E-state index < -0.39 is 5.60 Å². The minimum absolute atomic E-state index is 0.0588. The number of morpholine rings is 1. The summed E-state index contributed by atoms with van der Waals surface area (Å²) >= 11 is 0. The maximum absolute atomic E-state index is 10.9. The van der Waals surface area contributed by atoms with Crippen LogP contribution in [0.5, 0.6) is 0 Å². The molecular weight excluding hydrogens is 180 g/mol. The summed E-state index contributed by atoms with van der Waals surface area (Å²) < 4.78 is 5.52. The number of carbonyl (C=O) groups excluding carboxylic acids is 1. The fourth-order valence-corrected chi connectivity index (χ4v) is 1.48. The molecule has 1 N–H and O–H groups in total. The molecule has 1 amide bonds. The molecule has 0 aliphatic carbocycles. The quantitative estimate of drug-likeness (QED) is 0.702. The number of aromatic nitrogens is 1. The zero-order valence-corrected chi connectivity index (χ0v) is 7.99. The largest absolute Gasteiger partial charge is 0.359 e. The molecule has 2 heterocycles. The Hall–Kier alpha value is -1.42.